The molecule has 0 spiro atoms. The van der Waals surface area contributed by atoms with Crippen LogP contribution in [0.25, 0.3) is 22.3 Å². The summed E-state index contributed by atoms with van der Waals surface area (Å²) in [6.45, 7) is 0. The van der Waals surface area contributed by atoms with Crippen LogP contribution >= 0.6 is 0 Å². The van der Waals surface area contributed by atoms with Crippen LogP contribution in [0.2, 0.25) is 0 Å². The number of rotatable bonds is 2. The van der Waals surface area contributed by atoms with E-state index in [1.165, 1.54) is 11.1 Å². The summed E-state index contributed by atoms with van der Waals surface area (Å²) in [5, 5.41) is 9.81. The van der Waals surface area contributed by atoms with Crippen LogP contribution in [0.3, 0.4) is 0 Å². The second-order valence-electron chi connectivity index (χ2n) is 3.68. The van der Waals surface area contributed by atoms with Crippen molar-refractivity contribution in [2.75, 3.05) is 7.11 Å². The van der Waals surface area contributed by atoms with E-state index in [1.807, 2.05) is 12.1 Å². The quantitative estimate of drug-likeness (QED) is 0.685. The van der Waals surface area contributed by atoms with E-state index in [2.05, 4.69) is 18.2 Å². The van der Waals surface area contributed by atoms with Crippen LogP contribution in [0, 0.1) is 0 Å². The van der Waals surface area contributed by atoms with Gasteiger partial charge in [0.05, 0.1) is 7.11 Å². The molecule has 2 aliphatic rings. The van der Waals surface area contributed by atoms with E-state index in [4.69, 9.17) is 4.74 Å². The second kappa shape index (κ2) is 2.76. The molecule has 2 nitrogen and oxygen atoms in total. The molecule has 3 rings (SSSR count). The van der Waals surface area contributed by atoms with Crippen molar-refractivity contribution < 1.29 is 9.84 Å². The number of hydrogen-bond acceptors (Lipinski definition) is 2. The van der Waals surface area contributed by atoms with Gasteiger partial charge < -0.3 is 9.84 Å². The van der Waals surface area contributed by atoms with Crippen LogP contribution in [-0.2, 0) is 0 Å². The third kappa shape index (κ3) is 1.26. The molecule has 0 fully saturated rings. The van der Waals surface area contributed by atoms with Gasteiger partial charge in [-0.2, -0.15) is 0 Å². The van der Waals surface area contributed by atoms with Gasteiger partial charge in [0.25, 0.3) is 0 Å². The fourth-order valence-corrected chi connectivity index (χ4v) is 1.80. The molecule has 1 N–H and O–H groups in total. The molecule has 2 aliphatic carbocycles. The van der Waals surface area contributed by atoms with E-state index in [9.17, 15) is 5.11 Å². The van der Waals surface area contributed by atoms with Crippen LogP contribution in [0.4, 0.5) is 0 Å². The summed E-state index contributed by atoms with van der Waals surface area (Å²) in [7, 11) is 1.59. The Morgan fingerprint density at radius 3 is 2.20 bits per heavy atom. The molecule has 1 aromatic carbocycles. The summed E-state index contributed by atoms with van der Waals surface area (Å²) in [4.78, 5) is 0. The zero-order chi connectivity index (χ0) is 10.4. The molecule has 0 bridgehead atoms. The lowest BCUT2D eigenvalue weighted by molar-refractivity contribution is 0.408. The predicted molar refractivity (Wildman–Crippen MR) is 59.1 cm³/mol. The van der Waals surface area contributed by atoms with Gasteiger partial charge in [0.1, 0.15) is 11.5 Å². The van der Waals surface area contributed by atoms with Crippen molar-refractivity contribution in [2.24, 2.45) is 0 Å². The highest BCUT2D eigenvalue weighted by Crippen LogP contribution is 2.43. The molecule has 0 saturated heterocycles. The van der Waals surface area contributed by atoms with Gasteiger partial charge >= 0.3 is 0 Å². The SMILES string of the molecule is COc1ccc(-c2cc3cc-3c2)c(O)c1. The Labute approximate surface area is 87.8 Å². The maximum absolute atomic E-state index is 9.81. The Hall–Kier alpha value is -1.96. The molecule has 1 aromatic rings. The first-order chi connectivity index (χ1) is 7.28. The van der Waals surface area contributed by atoms with Gasteiger partial charge in [0.2, 0.25) is 0 Å². The number of benzene rings is 2. The maximum Gasteiger partial charge on any atom is 0.127 e. The lowest BCUT2D eigenvalue weighted by atomic mass is 10.1. The van der Waals surface area contributed by atoms with E-state index in [0.29, 0.717) is 5.75 Å². The molecule has 0 aliphatic heterocycles. The molecule has 0 amide bonds. The Kier molecular flexibility index (Phi) is 1.54. The summed E-state index contributed by atoms with van der Waals surface area (Å²) in [6.07, 6.45) is 0. The van der Waals surface area contributed by atoms with Crippen molar-refractivity contribution >= 4 is 0 Å². The summed E-state index contributed by atoms with van der Waals surface area (Å²) in [6, 6.07) is 11.6. The Balaban J connectivity index is 2.07. The van der Waals surface area contributed by atoms with Crippen molar-refractivity contribution in [1.29, 1.82) is 0 Å². The number of ether oxygens (including phenoxy) is 1. The standard InChI is InChI=1S/C13H10O2/c1-15-11-2-3-12(13(14)7-11)10-5-8-4-9(8)6-10/h2-7,14H,1H3. The second-order valence-corrected chi connectivity index (χ2v) is 3.68. The molecule has 0 radical (unpaired) electrons. The van der Waals surface area contributed by atoms with Crippen molar-refractivity contribution in [2.45, 2.75) is 0 Å². The van der Waals surface area contributed by atoms with Crippen molar-refractivity contribution in [3.63, 3.8) is 0 Å². The normalized spacial score (nSPS) is 11.3. The van der Waals surface area contributed by atoms with Crippen molar-refractivity contribution in [1.82, 2.24) is 0 Å². The molecule has 15 heavy (non-hydrogen) atoms. The first-order valence-corrected chi connectivity index (χ1v) is 4.81. The third-order valence-corrected chi connectivity index (χ3v) is 2.70. The van der Waals surface area contributed by atoms with Crippen LogP contribution in [-0.4, -0.2) is 12.2 Å². The minimum atomic E-state index is 0.263. The summed E-state index contributed by atoms with van der Waals surface area (Å²) >= 11 is 0. The van der Waals surface area contributed by atoms with Crippen LogP contribution in [0.1, 0.15) is 0 Å². The van der Waals surface area contributed by atoms with Gasteiger partial charge in [-0.25, -0.2) is 0 Å². The summed E-state index contributed by atoms with van der Waals surface area (Å²) in [5.41, 5.74) is 4.49. The minimum Gasteiger partial charge on any atom is -0.507 e. The van der Waals surface area contributed by atoms with Gasteiger partial charge in [-0.05, 0) is 47.0 Å². The molecular weight excluding hydrogens is 188 g/mol. The summed E-state index contributed by atoms with van der Waals surface area (Å²) < 4.78 is 5.04. The maximum atomic E-state index is 9.81. The molecule has 0 heterocycles. The highest BCUT2D eigenvalue weighted by atomic mass is 16.5. The minimum absolute atomic E-state index is 0.263. The Bertz CT molecular complexity index is 524. The van der Waals surface area contributed by atoms with Gasteiger partial charge in [0.15, 0.2) is 0 Å². The molecule has 0 atom stereocenters. The lowest BCUT2D eigenvalue weighted by Gasteiger charge is -2.05. The number of methoxy groups -OCH3 is 1. The van der Waals surface area contributed by atoms with Gasteiger partial charge in [-0.3, -0.25) is 0 Å². The topological polar surface area (TPSA) is 29.5 Å². The smallest absolute Gasteiger partial charge is 0.127 e. The fourth-order valence-electron chi connectivity index (χ4n) is 1.80. The zero-order valence-corrected chi connectivity index (χ0v) is 8.32. The van der Waals surface area contributed by atoms with Crippen molar-refractivity contribution in [3.8, 4) is 33.8 Å². The van der Waals surface area contributed by atoms with E-state index >= 15 is 0 Å². The Morgan fingerprint density at radius 1 is 0.933 bits per heavy atom. The van der Waals surface area contributed by atoms with Gasteiger partial charge in [-0.15, -0.1) is 0 Å². The van der Waals surface area contributed by atoms with Crippen LogP contribution in [0.15, 0.2) is 36.4 Å². The number of phenolic OH excluding ortho intramolecular Hbond substituents is 1. The molecule has 2 heteroatoms. The van der Waals surface area contributed by atoms with Crippen LogP contribution < -0.4 is 4.74 Å². The van der Waals surface area contributed by atoms with E-state index in [0.717, 1.165) is 11.1 Å². The number of phenols is 1. The summed E-state index contributed by atoms with van der Waals surface area (Å²) in [5.74, 6) is 0.936. The van der Waals surface area contributed by atoms with Gasteiger partial charge in [0, 0.05) is 11.6 Å². The lowest BCUT2D eigenvalue weighted by Crippen LogP contribution is -1.83. The molecular formula is C13H10O2. The Morgan fingerprint density at radius 2 is 1.60 bits per heavy atom. The average molecular weight is 198 g/mol. The molecule has 0 unspecified atom stereocenters. The highest BCUT2D eigenvalue weighted by molar-refractivity contribution is 5.90. The van der Waals surface area contributed by atoms with E-state index < -0.39 is 0 Å². The highest BCUT2D eigenvalue weighted by Gasteiger charge is 2.16. The van der Waals surface area contributed by atoms with Crippen molar-refractivity contribution in [3.05, 3.63) is 36.4 Å². The fraction of sp³-hybridized carbons (Fsp3) is 0.0769. The first-order valence-electron chi connectivity index (χ1n) is 4.81. The number of hydrogen-bond donors (Lipinski definition) is 1. The molecule has 0 saturated carbocycles. The first kappa shape index (κ1) is 8.36. The molecule has 0 aromatic heterocycles. The van der Waals surface area contributed by atoms with Gasteiger partial charge in [-0.1, -0.05) is 0 Å². The predicted octanol–water partition coefficient (Wildman–Crippen LogP) is 3.05. The monoisotopic (exact) mass is 198 g/mol. The number of aromatic hydroxyl groups is 1. The molecule has 74 valence electrons. The number of fused-ring (bicyclic) bond motifs is 1. The largest absolute Gasteiger partial charge is 0.507 e. The van der Waals surface area contributed by atoms with E-state index in [1.54, 1.807) is 13.2 Å². The van der Waals surface area contributed by atoms with E-state index in [-0.39, 0.29) is 5.75 Å². The third-order valence-electron chi connectivity index (χ3n) is 2.70. The zero-order valence-electron chi connectivity index (χ0n) is 8.32. The van der Waals surface area contributed by atoms with Crippen LogP contribution in [0.5, 0.6) is 11.5 Å². The average Bonchev–Trinajstić information content (AvgIpc) is 2.85.